The summed E-state index contributed by atoms with van der Waals surface area (Å²) in [6.07, 6.45) is 3.36. The molecule has 2 heterocycles. The lowest BCUT2D eigenvalue weighted by Crippen LogP contribution is -1.91. The third-order valence-electron chi connectivity index (χ3n) is 2.83. The molecule has 0 unspecified atom stereocenters. The fourth-order valence-corrected chi connectivity index (χ4v) is 1.75. The van der Waals surface area contributed by atoms with E-state index in [1.165, 1.54) is 13.2 Å². The van der Waals surface area contributed by atoms with Crippen LogP contribution < -0.4 is 4.74 Å². The van der Waals surface area contributed by atoms with Gasteiger partial charge in [0.1, 0.15) is 0 Å². The van der Waals surface area contributed by atoms with Crippen molar-refractivity contribution >= 4 is 0 Å². The Kier molecular flexibility index (Phi) is 3.23. The second kappa shape index (κ2) is 5.20. The van der Waals surface area contributed by atoms with E-state index in [0.717, 1.165) is 5.56 Å². The van der Waals surface area contributed by atoms with Gasteiger partial charge in [-0.2, -0.15) is 4.98 Å². The maximum atomic E-state index is 9.58. The van der Waals surface area contributed by atoms with Crippen molar-refractivity contribution in [1.29, 1.82) is 0 Å². The Bertz CT molecular complexity index is 768. The lowest BCUT2D eigenvalue weighted by atomic mass is 10.2. The third-order valence-corrected chi connectivity index (χ3v) is 2.83. The highest BCUT2D eigenvalue weighted by Gasteiger charge is 2.14. The van der Waals surface area contributed by atoms with Gasteiger partial charge in [-0.05, 0) is 30.7 Å². The molecule has 0 fully saturated rings. The molecule has 0 atom stereocenters. The van der Waals surface area contributed by atoms with Crippen molar-refractivity contribution in [2.75, 3.05) is 7.11 Å². The molecule has 0 saturated carbocycles. The second-order valence-corrected chi connectivity index (χ2v) is 4.39. The monoisotopic (exact) mass is 284 g/mol. The molecule has 0 aliphatic heterocycles. The number of benzene rings is 1. The van der Waals surface area contributed by atoms with Crippen molar-refractivity contribution in [3.8, 4) is 34.6 Å². The van der Waals surface area contributed by atoms with Gasteiger partial charge in [0.25, 0.3) is 5.89 Å². The third kappa shape index (κ3) is 2.53. The Hall–Kier alpha value is -2.96. The number of nitrogens with zero attached hydrogens (tertiary/aromatic N) is 4. The van der Waals surface area contributed by atoms with Crippen LogP contribution in [0, 0.1) is 6.92 Å². The Morgan fingerprint density at radius 2 is 1.90 bits per heavy atom. The highest BCUT2D eigenvalue weighted by atomic mass is 16.5. The van der Waals surface area contributed by atoms with Gasteiger partial charge in [0.05, 0.1) is 7.11 Å². The van der Waals surface area contributed by atoms with E-state index in [1.807, 2.05) is 6.92 Å². The lowest BCUT2D eigenvalue weighted by molar-refractivity contribution is 0.373. The predicted molar refractivity (Wildman–Crippen MR) is 73.7 cm³/mol. The number of aryl methyl sites for hydroxylation is 1. The number of hydrogen-bond donors (Lipinski definition) is 1. The Morgan fingerprint density at radius 1 is 1.14 bits per heavy atom. The van der Waals surface area contributed by atoms with Crippen molar-refractivity contribution < 1.29 is 14.4 Å². The van der Waals surface area contributed by atoms with Crippen molar-refractivity contribution in [3.63, 3.8) is 0 Å². The van der Waals surface area contributed by atoms with Gasteiger partial charge in [-0.3, -0.25) is 0 Å². The summed E-state index contributed by atoms with van der Waals surface area (Å²) in [6.45, 7) is 1.90. The van der Waals surface area contributed by atoms with Crippen molar-refractivity contribution in [2.45, 2.75) is 6.92 Å². The first-order valence-electron chi connectivity index (χ1n) is 6.17. The van der Waals surface area contributed by atoms with Crippen molar-refractivity contribution in [2.24, 2.45) is 0 Å². The first-order chi connectivity index (χ1) is 10.2. The highest BCUT2D eigenvalue weighted by molar-refractivity contribution is 5.61. The molecule has 7 nitrogen and oxygen atoms in total. The topological polar surface area (TPSA) is 94.2 Å². The molecule has 3 aromatic rings. The summed E-state index contributed by atoms with van der Waals surface area (Å²) < 4.78 is 10.2. The zero-order valence-corrected chi connectivity index (χ0v) is 11.4. The summed E-state index contributed by atoms with van der Waals surface area (Å²) in [5, 5.41) is 13.4. The quantitative estimate of drug-likeness (QED) is 0.787. The molecule has 3 rings (SSSR count). The average molecular weight is 284 g/mol. The van der Waals surface area contributed by atoms with Crippen molar-refractivity contribution in [3.05, 3.63) is 36.2 Å². The van der Waals surface area contributed by atoms with Crippen LogP contribution in [0.15, 0.2) is 35.1 Å². The van der Waals surface area contributed by atoms with E-state index >= 15 is 0 Å². The van der Waals surface area contributed by atoms with Crippen LogP contribution in [0.5, 0.6) is 11.5 Å². The zero-order chi connectivity index (χ0) is 14.8. The maximum Gasteiger partial charge on any atom is 0.258 e. The molecular formula is C14H12N4O3. The number of ether oxygens (including phenoxy) is 1. The van der Waals surface area contributed by atoms with Crippen LogP contribution in [0.4, 0.5) is 0 Å². The molecule has 7 heteroatoms. The van der Waals surface area contributed by atoms with Crippen LogP contribution >= 0.6 is 0 Å². The van der Waals surface area contributed by atoms with Crippen LogP contribution in [0.1, 0.15) is 5.56 Å². The highest BCUT2D eigenvalue weighted by Crippen LogP contribution is 2.31. The standard InChI is InChI=1S/C14H12N4O3/c1-8-6-15-12(16-7-8)13-17-14(21-18-13)9-3-4-10(19)11(5-9)20-2/h3-7,19H,1-2H3. The van der Waals surface area contributed by atoms with E-state index in [4.69, 9.17) is 9.26 Å². The number of aromatic hydroxyl groups is 1. The van der Waals surface area contributed by atoms with Crippen LogP contribution in [0.2, 0.25) is 0 Å². The normalized spacial score (nSPS) is 10.6. The predicted octanol–water partition coefficient (Wildman–Crippen LogP) is 2.22. The number of phenolic OH excluding ortho intramolecular Hbond substituents is 1. The SMILES string of the molecule is COc1cc(-c2nc(-c3ncc(C)cn3)no2)ccc1O. The summed E-state index contributed by atoms with van der Waals surface area (Å²) in [4.78, 5) is 12.5. The fourth-order valence-electron chi connectivity index (χ4n) is 1.75. The first-order valence-corrected chi connectivity index (χ1v) is 6.17. The van der Waals surface area contributed by atoms with Crippen molar-refractivity contribution in [1.82, 2.24) is 20.1 Å². The first kappa shape index (κ1) is 13.0. The molecular weight excluding hydrogens is 272 g/mol. The molecule has 1 N–H and O–H groups in total. The van der Waals surface area contributed by atoms with E-state index < -0.39 is 0 Å². The molecule has 0 amide bonds. The minimum atomic E-state index is 0.0443. The molecule has 21 heavy (non-hydrogen) atoms. The van der Waals surface area contributed by atoms with E-state index in [9.17, 15) is 5.11 Å². The smallest absolute Gasteiger partial charge is 0.258 e. The summed E-state index contributed by atoms with van der Waals surface area (Å²) in [6, 6.07) is 4.77. The molecule has 0 saturated heterocycles. The van der Waals surface area contributed by atoms with Gasteiger partial charge < -0.3 is 14.4 Å². The number of phenols is 1. The number of methoxy groups -OCH3 is 1. The molecule has 2 aromatic heterocycles. The number of rotatable bonds is 3. The van der Waals surface area contributed by atoms with Gasteiger partial charge in [-0.25, -0.2) is 9.97 Å². The number of aromatic nitrogens is 4. The Labute approximate surface area is 120 Å². The molecule has 0 radical (unpaired) electrons. The average Bonchev–Trinajstić information content (AvgIpc) is 2.98. The summed E-state index contributed by atoms with van der Waals surface area (Å²) >= 11 is 0. The van der Waals surface area contributed by atoms with Gasteiger partial charge in [-0.15, -0.1) is 0 Å². The minimum absolute atomic E-state index is 0.0443. The van der Waals surface area contributed by atoms with Gasteiger partial charge in [-0.1, -0.05) is 5.16 Å². The molecule has 0 spiro atoms. The van der Waals surface area contributed by atoms with Crippen LogP contribution in [0.3, 0.4) is 0 Å². The maximum absolute atomic E-state index is 9.58. The lowest BCUT2D eigenvalue weighted by Gasteiger charge is -2.03. The Balaban J connectivity index is 1.96. The second-order valence-electron chi connectivity index (χ2n) is 4.39. The summed E-state index contributed by atoms with van der Waals surface area (Å²) in [5.74, 6) is 1.37. The zero-order valence-electron chi connectivity index (χ0n) is 11.4. The largest absolute Gasteiger partial charge is 0.504 e. The van der Waals surface area contributed by atoms with Crippen LogP contribution in [0.25, 0.3) is 23.1 Å². The van der Waals surface area contributed by atoms with E-state index in [0.29, 0.717) is 28.9 Å². The summed E-state index contributed by atoms with van der Waals surface area (Å²) in [5.41, 5.74) is 1.58. The fraction of sp³-hybridized carbons (Fsp3) is 0.143. The van der Waals surface area contributed by atoms with E-state index in [-0.39, 0.29) is 5.75 Å². The van der Waals surface area contributed by atoms with Gasteiger partial charge in [0.2, 0.25) is 11.6 Å². The van der Waals surface area contributed by atoms with Gasteiger partial charge >= 0.3 is 0 Å². The van der Waals surface area contributed by atoms with Crippen LogP contribution in [-0.2, 0) is 0 Å². The van der Waals surface area contributed by atoms with Gasteiger partial charge in [0, 0.05) is 18.0 Å². The molecule has 1 aromatic carbocycles. The molecule has 0 aliphatic rings. The van der Waals surface area contributed by atoms with Gasteiger partial charge in [0.15, 0.2) is 11.5 Å². The van der Waals surface area contributed by atoms with E-state index in [1.54, 1.807) is 24.5 Å². The molecule has 106 valence electrons. The summed E-state index contributed by atoms with van der Waals surface area (Å²) in [7, 11) is 1.47. The number of hydrogen-bond acceptors (Lipinski definition) is 7. The molecule has 0 aliphatic carbocycles. The molecule has 0 bridgehead atoms. The minimum Gasteiger partial charge on any atom is -0.504 e. The Morgan fingerprint density at radius 3 is 2.62 bits per heavy atom. The van der Waals surface area contributed by atoms with E-state index in [2.05, 4.69) is 20.1 Å². The van der Waals surface area contributed by atoms with Crippen LogP contribution in [-0.4, -0.2) is 32.3 Å².